The Morgan fingerprint density at radius 3 is 2.70 bits per heavy atom. The van der Waals surface area contributed by atoms with Crippen molar-refractivity contribution in [3.05, 3.63) is 40.0 Å². The summed E-state index contributed by atoms with van der Waals surface area (Å²) in [4.78, 5) is 28.0. The molecule has 146 valence electrons. The van der Waals surface area contributed by atoms with Crippen LogP contribution in [0.1, 0.15) is 35.7 Å². The molecule has 2 aliphatic heterocycles. The van der Waals surface area contributed by atoms with Crippen LogP contribution < -0.4 is 10.6 Å². The van der Waals surface area contributed by atoms with Crippen molar-refractivity contribution in [3.8, 4) is 0 Å². The van der Waals surface area contributed by atoms with Gasteiger partial charge in [-0.2, -0.15) is 0 Å². The molecule has 0 saturated carbocycles. The number of carbonyl (C=O) groups excluding carboxylic acids is 2. The lowest BCUT2D eigenvalue weighted by Gasteiger charge is -2.18. The molecule has 0 unspecified atom stereocenters. The van der Waals surface area contributed by atoms with E-state index in [0.29, 0.717) is 35.1 Å². The Morgan fingerprint density at radius 2 is 1.96 bits per heavy atom. The maximum Gasteiger partial charge on any atom is 0.265 e. The fourth-order valence-corrected chi connectivity index (χ4v) is 4.06. The van der Waals surface area contributed by atoms with Crippen molar-refractivity contribution in [2.75, 3.05) is 43.9 Å². The number of thioether (sulfide) groups is 1. The van der Waals surface area contributed by atoms with Gasteiger partial charge in [0.2, 0.25) is 0 Å². The summed E-state index contributed by atoms with van der Waals surface area (Å²) in [6.45, 7) is 8.09. The lowest BCUT2D eigenvalue weighted by atomic mass is 10.1. The molecule has 0 atom stereocenters. The molecular formula is C20H27N3O3S. The lowest BCUT2D eigenvalue weighted by molar-refractivity contribution is -0.112. The number of ether oxygens (including phenoxy) is 1. The third-order valence-electron chi connectivity index (χ3n) is 4.83. The van der Waals surface area contributed by atoms with Gasteiger partial charge in [0, 0.05) is 30.1 Å². The standard InChI is InChI=1S/C20H27N3O3S/c1-14-5-6-16(19(24)21-7-10-23-8-3-4-9-23)13-17(14)22-20(25)18-15(2)26-11-12-27-18/h5-6,13H,3-4,7-12H2,1-2H3,(H,21,24)(H,22,25). The van der Waals surface area contributed by atoms with Crippen LogP contribution in [0.4, 0.5) is 5.69 Å². The molecule has 2 heterocycles. The highest BCUT2D eigenvalue weighted by Crippen LogP contribution is 2.27. The molecule has 0 aromatic heterocycles. The minimum Gasteiger partial charge on any atom is -0.496 e. The minimum absolute atomic E-state index is 0.115. The van der Waals surface area contributed by atoms with Gasteiger partial charge >= 0.3 is 0 Å². The summed E-state index contributed by atoms with van der Waals surface area (Å²) < 4.78 is 5.46. The van der Waals surface area contributed by atoms with Gasteiger partial charge in [0.05, 0.1) is 6.61 Å². The molecule has 1 fully saturated rings. The summed E-state index contributed by atoms with van der Waals surface area (Å²) in [7, 11) is 0. The molecule has 0 radical (unpaired) electrons. The van der Waals surface area contributed by atoms with Crippen LogP contribution in [0.5, 0.6) is 0 Å². The van der Waals surface area contributed by atoms with Crippen LogP contribution >= 0.6 is 11.8 Å². The molecule has 0 aliphatic carbocycles. The van der Waals surface area contributed by atoms with Gasteiger partial charge in [0.15, 0.2) is 0 Å². The SMILES string of the molecule is CC1=C(C(=O)Nc2cc(C(=O)NCCN3CCCC3)ccc2C)SCCO1. The number of hydrogen-bond donors (Lipinski definition) is 2. The molecule has 3 rings (SSSR count). The molecule has 2 aliphatic rings. The summed E-state index contributed by atoms with van der Waals surface area (Å²) in [5.74, 6) is 1.11. The Kier molecular flexibility index (Phi) is 6.79. The Labute approximate surface area is 164 Å². The van der Waals surface area contributed by atoms with Gasteiger partial charge in [-0.1, -0.05) is 6.07 Å². The van der Waals surface area contributed by atoms with E-state index >= 15 is 0 Å². The number of amides is 2. The molecule has 0 bridgehead atoms. The molecule has 27 heavy (non-hydrogen) atoms. The first kappa shape index (κ1) is 19.8. The predicted octanol–water partition coefficient (Wildman–Crippen LogP) is 2.75. The van der Waals surface area contributed by atoms with Crippen LogP contribution in [0.15, 0.2) is 28.9 Å². The number of allylic oxidation sites excluding steroid dienone is 1. The highest BCUT2D eigenvalue weighted by Gasteiger charge is 2.20. The van der Waals surface area contributed by atoms with Crippen LogP contribution in [-0.4, -0.2) is 55.3 Å². The Bertz CT molecular complexity index is 742. The Balaban J connectivity index is 1.61. The summed E-state index contributed by atoms with van der Waals surface area (Å²) in [6.07, 6.45) is 2.49. The first-order chi connectivity index (χ1) is 13.0. The smallest absolute Gasteiger partial charge is 0.265 e. The third-order valence-corrected chi connectivity index (χ3v) is 5.97. The minimum atomic E-state index is -0.188. The topological polar surface area (TPSA) is 70.7 Å². The Hall–Kier alpha value is -1.99. The fourth-order valence-electron chi connectivity index (χ4n) is 3.24. The predicted molar refractivity (Wildman–Crippen MR) is 109 cm³/mol. The van der Waals surface area contributed by atoms with Gasteiger partial charge in [-0.05, 0) is 57.5 Å². The summed E-state index contributed by atoms with van der Waals surface area (Å²) in [5.41, 5.74) is 2.12. The van der Waals surface area contributed by atoms with E-state index in [9.17, 15) is 9.59 Å². The molecule has 1 aromatic rings. The van der Waals surface area contributed by atoms with Crippen LogP contribution in [-0.2, 0) is 9.53 Å². The van der Waals surface area contributed by atoms with Gasteiger partial charge in [-0.25, -0.2) is 0 Å². The van der Waals surface area contributed by atoms with E-state index < -0.39 is 0 Å². The van der Waals surface area contributed by atoms with Gasteiger partial charge in [0.1, 0.15) is 10.7 Å². The van der Waals surface area contributed by atoms with Crippen molar-refractivity contribution < 1.29 is 14.3 Å². The number of anilines is 1. The molecule has 7 heteroatoms. The average molecular weight is 390 g/mol. The van der Waals surface area contributed by atoms with E-state index in [4.69, 9.17) is 4.74 Å². The van der Waals surface area contributed by atoms with Crippen LogP contribution in [0, 0.1) is 6.92 Å². The molecule has 6 nitrogen and oxygen atoms in total. The van der Waals surface area contributed by atoms with Gasteiger partial charge < -0.3 is 20.3 Å². The normalized spacial score (nSPS) is 17.6. The second-order valence-electron chi connectivity index (χ2n) is 6.87. The zero-order valence-electron chi connectivity index (χ0n) is 16.0. The number of rotatable bonds is 6. The van der Waals surface area contributed by atoms with Crippen LogP contribution in [0.3, 0.4) is 0 Å². The molecule has 1 aromatic carbocycles. The number of aryl methyl sites for hydroxylation is 1. The number of nitrogens with zero attached hydrogens (tertiary/aromatic N) is 1. The van der Waals surface area contributed by atoms with E-state index in [2.05, 4.69) is 15.5 Å². The first-order valence-corrected chi connectivity index (χ1v) is 10.4. The third kappa shape index (κ3) is 5.26. The maximum atomic E-state index is 12.6. The molecular weight excluding hydrogens is 362 g/mol. The highest BCUT2D eigenvalue weighted by molar-refractivity contribution is 8.04. The largest absolute Gasteiger partial charge is 0.496 e. The van der Waals surface area contributed by atoms with Crippen molar-refractivity contribution in [1.29, 1.82) is 0 Å². The number of hydrogen-bond acceptors (Lipinski definition) is 5. The van der Waals surface area contributed by atoms with Gasteiger partial charge in [0.25, 0.3) is 11.8 Å². The monoisotopic (exact) mass is 389 g/mol. The quantitative estimate of drug-likeness (QED) is 0.783. The molecule has 1 saturated heterocycles. The summed E-state index contributed by atoms with van der Waals surface area (Å²) >= 11 is 1.50. The van der Waals surface area contributed by atoms with Crippen LogP contribution in [0.2, 0.25) is 0 Å². The van der Waals surface area contributed by atoms with E-state index in [-0.39, 0.29) is 11.8 Å². The summed E-state index contributed by atoms with van der Waals surface area (Å²) in [6, 6.07) is 5.39. The van der Waals surface area contributed by atoms with Crippen molar-refractivity contribution >= 4 is 29.3 Å². The molecule has 0 spiro atoms. The zero-order chi connectivity index (χ0) is 19.2. The highest BCUT2D eigenvalue weighted by atomic mass is 32.2. The van der Waals surface area contributed by atoms with Crippen molar-refractivity contribution in [2.24, 2.45) is 0 Å². The lowest BCUT2D eigenvalue weighted by Crippen LogP contribution is -2.33. The second kappa shape index (κ2) is 9.28. The van der Waals surface area contributed by atoms with E-state index in [1.54, 1.807) is 19.1 Å². The van der Waals surface area contributed by atoms with E-state index in [1.165, 1.54) is 24.6 Å². The Morgan fingerprint density at radius 1 is 1.19 bits per heavy atom. The first-order valence-electron chi connectivity index (χ1n) is 9.43. The van der Waals surface area contributed by atoms with Crippen molar-refractivity contribution in [3.63, 3.8) is 0 Å². The van der Waals surface area contributed by atoms with E-state index in [0.717, 1.165) is 31.0 Å². The van der Waals surface area contributed by atoms with Crippen LogP contribution in [0.25, 0.3) is 0 Å². The number of benzene rings is 1. The fraction of sp³-hybridized carbons (Fsp3) is 0.500. The van der Waals surface area contributed by atoms with Crippen molar-refractivity contribution in [2.45, 2.75) is 26.7 Å². The second-order valence-corrected chi connectivity index (χ2v) is 7.98. The summed E-state index contributed by atoms with van der Waals surface area (Å²) in [5, 5.41) is 5.89. The zero-order valence-corrected chi connectivity index (χ0v) is 16.8. The van der Waals surface area contributed by atoms with E-state index in [1.807, 2.05) is 13.0 Å². The number of nitrogens with one attached hydrogen (secondary N) is 2. The van der Waals surface area contributed by atoms with Crippen molar-refractivity contribution in [1.82, 2.24) is 10.2 Å². The number of likely N-dealkylation sites (tertiary alicyclic amines) is 1. The maximum absolute atomic E-state index is 12.6. The van der Waals surface area contributed by atoms with Gasteiger partial charge in [-0.15, -0.1) is 11.8 Å². The molecule has 2 N–H and O–H groups in total. The number of carbonyl (C=O) groups is 2. The van der Waals surface area contributed by atoms with Gasteiger partial charge in [-0.3, -0.25) is 9.59 Å². The average Bonchev–Trinajstić information content (AvgIpc) is 3.17. The molecule has 2 amide bonds.